The van der Waals surface area contributed by atoms with Crippen molar-refractivity contribution in [3.8, 4) is 17.1 Å². The number of rotatable bonds is 3. The molecule has 0 saturated carbocycles. The minimum Gasteiger partial charge on any atom is -0.494 e. The van der Waals surface area contributed by atoms with Gasteiger partial charge in [0.05, 0.1) is 21.6 Å². The van der Waals surface area contributed by atoms with Gasteiger partial charge >= 0.3 is 0 Å². The zero-order valence-corrected chi connectivity index (χ0v) is 20.1. The number of hydrogen-bond donors (Lipinski definition) is 2. The van der Waals surface area contributed by atoms with E-state index in [-0.39, 0.29) is 11.3 Å². The number of aliphatic imine (C=N–C) groups is 1. The Hall–Kier alpha value is -3.42. The van der Waals surface area contributed by atoms with Gasteiger partial charge in [0.1, 0.15) is 5.69 Å². The fraction of sp³-hybridized carbons (Fsp3) is 0.154. The molecule has 164 valence electrons. The molecule has 7 heteroatoms. The zero-order valence-electron chi connectivity index (χ0n) is 18.5. The third-order valence-corrected chi connectivity index (χ3v) is 6.60. The van der Waals surface area contributed by atoms with Crippen LogP contribution in [0.3, 0.4) is 0 Å². The Kier molecular flexibility index (Phi) is 5.31. The number of benzene rings is 2. The monoisotopic (exact) mass is 470 g/mol. The minimum atomic E-state index is 0.0796. The standard InChI is InChI=1S/C26H22N4OS2/c1-26(2,3)17-10-8-16(9-11-17)18-5-4-6-20(27-18)23-28-19-12-7-15(13-21(19)29-23)14-22-24(31)30-25(32)33-22/h4-14,31H,1-3H3,(H,30,32)/b15-14-. The number of aromatic hydroxyl groups is 1. The van der Waals surface area contributed by atoms with Crippen LogP contribution in [0, 0.1) is 3.95 Å². The van der Waals surface area contributed by atoms with Crippen molar-refractivity contribution in [3.63, 3.8) is 0 Å². The average Bonchev–Trinajstić information content (AvgIpc) is 3.35. The van der Waals surface area contributed by atoms with Crippen molar-refractivity contribution >= 4 is 41.2 Å². The van der Waals surface area contributed by atoms with Gasteiger partial charge in [-0.2, -0.15) is 0 Å². The molecule has 0 bridgehead atoms. The van der Waals surface area contributed by atoms with Gasteiger partial charge in [0.15, 0.2) is 9.79 Å². The van der Waals surface area contributed by atoms with Gasteiger partial charge in [0.25, 0.3) is 0 Å². The third kappa shape index (κ3) is 4.42. The van der Waals surface area contributed by atoms with Crippen LogP contribution in [0.5, 0.6) is 5.88 Å². The molecule has 0 amide bonds. The van der Waals surface area contributed by atoms with E-state index in [1.807, 2.05) is 42.5 Å². The quantitative estimate of drug-likeness (QED) is 0.393. The van der Waals surface area contributed by atoms with E-state index in [0.717, 1.165) is 33.2 Å². The van der Waals surface area contributed by atoms with Crippen molar-refractivity contribution in [3.05, 3.63) is 91.3 Å². The van der Waals surface area contributed by atoms with Crippen LogP contribution in [-0.4, -0.2) is 20.9 Å². The first-order chi connectivity index (χ1) is 15.8. The second-order valence-corrected chi connectivity index (χ2v) is 10.6. The maximum absolute atomic E-state index is 9.95. The molecule has 1 aliphatic rings. The van der Waals surface area contributed by atoms with Gasteiger partial charge in [-0.25, -0.2) is 15.0 Å². The van der Waals surface area contributed by atoms with Crippen LogP contribution in [0.15, 0.2) is 70.6 Å². The summed E-state index contributed by atoms with van der Waals surface area (Å²) in [6.45, 7) is 6.62. The first-order valence-electron chi connectivity index (χ1n) is 10.6. The number of H-pyrrole nitrogens is 1. The van der Waals surface area contributed by atoms with Gasteiger partial charge in [0.2, 0.25) is 5.88 Å². The summed E-state index contributed by atoms with van der Waals surface area (Å²) in [5.74, 6) is 0.673. The van der Waals surface area contributed by atoms with Crippen molar-refractivity contribution in [1.29, 1.82) is 0 Å². The molecule has 4 aromatic rings. The first kappa shape index (κ1) is 21.4. The Morgan fingerprint density at radius 1 is 0.970 bits per heavy atom. The number of amidine groups is 1. The van der Waals surface area contributed by atoms with E-state index in [9.17, 15) is 5.11 Å². The lowest BCUT2D eigenvalue weighted by Gasteiger charge is -2.19. The topological polar surface area (TPSA) is 73.6 Å². The molecule has 0 spiro atoms. The number of nitrogens with zero attached hydrogens (tertiary/aromatic N) is 3. The van der Waals surface area contributed by atoms with Gasteiger partial charge in [-0.05, 0) is 58.8 Å². The predicted molar refractivity (Wildman–Crippen MR) is 137 cm³/mol. The molecule has 5 nitrogen and oxygen atoms in total. The second kappa shape index (κ2) is 8.17. The molecule has 0 unspecified atom stereocenters. The number of thiazole rings is 1. The Balaban J connectivity index is 1.47. The van der Waals surface area contributed by atoms with Crippen LogP contribution >= 0.6 is 23.6 Å². The number of nitrogens with one attached hydrogen (secondary N) is 1. The van der Waals surface area contributed by atoms with Crippen LogP contribution in [0.2, 0.25) is 0 Å². The lowest BCUT2D eigenvalue weighted by molar-refractivity contribution is 0.456. The van der Waals surface area contributed by atoms with E-state index in [1.54, 1.807) is 0 Å². The molecular formula is C26H22N4OS2. The molecule has 0 saturated heterocycles. The van der Waals surface area contributed by atoms with Gasteiger partial charge in [-0.15, -0.1) is 11.3 Å². The molecule has 0 aliphatic carbocycles. The summed E-state index contributed by atoms with van der Waals surface area (Å²) in [6.07, 6.45) is 1.88. The maximum atomic E-state index is 9.95. The van der Waals surface area contributed by atoms with E-state index >= 15 is 0 Å². The number of hydrogen-bond acceptors (Lipinski definition) is 6. The molecule has 1 aliphatic heterocycles. The summed E-state index contributed by atoms with van der Waals surface area (Å²) in [6, 6.07) is 20.3. The highest BCUT2D eigenvalue weighted by Crippen LogP contribution is 2.26. The van der Waals surface area contributed by atoms with E-state index in [1.165, 1.54) is 16.9 Å². The van der Waals surface area contributed by atoms with Crippen molar-refractivity contribution in [2.75, 3.05) is 0 Å². The van der Waals surface area contributed by atoms with Gasteiger partial charge in [-0.1, -0.05) is 57.2 Å². The van der Waals surface area contributed by atoms with E-state index in [0.29, 0.717) is 14.7 Å². The Labute approximate surface area is 200 Å². The minimum absolute atomic E-state index is 0.0796. The lowest BCUT2D eigenvalue weighted by Crippen LogP contribution is -2.10. The maximum Gasteiger partial charge on any atom is 0.207 e. The largest absolute Gasteiger partial charge is 0.494 e. The van der Waals surface area contributed by atoms with Crippen LogP contribution in [0.4, 0.5) is 5.69 Å². The molecule has 2 N–H and O–H groups in total. The molecule has 2 aromatic heterocycles. The zero-order chi connectivity index (χ0) is 23.2. The molecule has 0 fully saturated rings. The highest BCUT2D eigenvalue weighted by Gasteiger charge is 2.15. The predicted octanol–water partition coefficient (Wildman–Crippen LogP) is 5.41. The van der Waals surface area contributed by atoms with Crippen molar-refractivity contribution < 1.29 is 5.11 Å². The third-order valence-electron chi connectivity index (χ3n) is 5.43. The first-order valence-corrected chi connectivity index (χ1v) is 11.8. The molecule has 0 atom stereocenters. The highest BCUT2D eigenvalue weighted by atomic mass is 32.1. The van der Waals surface area contributed by atoms with Crippen molar-refractivity contribution in [2.24, 2.45) is 9.98 Å². The molecule has 5 rings (SSSR count). The Bertz CT molecular complexity index is 1570. The van der Waals surface area contributed by atoms with E-state index in [4.69, 9.17) is 22.2 Å². The van der Waals surface area contributed by atoms with E-state index in [2.05, 4.69) is 55.0 Å². The molecule has 0 radical (unpaired) electrons. The summed E-state index contributed by atoms with van der Waals surface area (Å²) in [5, 5.41) is 11.7. The second-order valence-electron chi connectivity index (χ2n) is 8.90. The smallest absolute Gasteiger partial charge is 0.207 e. The number of pyridine rings is 1. The summed E-state index contributed by atoms with van der Waals surface area (Å²) < 4.78 is 0.536. The van der Waals surface area contributed by atoms with Crippen LogP contribution in [-0.2, 0) is 5.41 Å². The van der Waals surface area contributed by atoms with Crippen molar-refractivity contribution in [1.82, 2.24) is 9.97 Å². The summed E-state index contributed by atoms with van der Waals surface area (Å²) >= 11 is 6.42. The SMILES string of the molecule is CC(C)(C)c1ccc(-c2cccc(C3=Nc4c/c(=C\c5sc(=S)[nH]c5O)ccc4=N3)n2)cc1. The van der Waals surface area contributed by atoms with Crippen LogP contribution in [0.25, 0.3) is 17.3 Å². The van der Waals surface area contributed by atoms with Gasteiger partial charge in [-0.3, -0.25) is 0 Å². The number of aromatic nitrogens is 2. The summed E-state index contributed by atoms with van der Waals surface area (Å²) in [4.78, 5) is 17.6. The van der Waals surface area contributed by atoms with Crippen molar-refractivity contribution in [2.45, 2.75) is 26.2 Å². The molecule has 2 aromatic carbocycles. The summed E-state index contributed by atoms with van der Waals surface area (Å²) in [7, 11) is 0. The normalized spacial score (nSPS) is 13.5. The average molecular weight is 471 g/mol. The Morgan fingerprint density at radius 3 is 2.42 bits per heavy atom. The Morgan fingerprint density at radius 2 is 1.73 bits per heavy atom. The summed E-state index contributed by atoms with van der Waals surface area (Å²) in [5.41, 5.74) is 4.86. The molecule has 33 heavy (non-hydrogen) atoms. The van der Waals surface area contributed by atoms with E-state index < -0.39 is 0 Å². The fourth-order valence-corrected chi connectivity index (χ4v) is 4.68. The van der Waals surface area contributed by atoms with Crippen LogP contribution < -0.4 is 10.6 Å². The highest BCUT2D eigenvalue weighted by molar-refractivity contribution is 7.73. The lowest BCUT2D eigenvalue weighted by atomic mass is 9.86. The molecular weight excluding hydrogens is 448 g/mol. The molecule has 3 heterocycles. The van der Waals surface area contributed by atoms with Gasteiger partial charge in [0, 0.05) is 5.56 Å². The van der Waals surface area contributed by atoms with Gasteiger partial charge < -0.3 is 10.1 Å². The van der Waals surface area contributed by atoms with Crippen LogP contribution in [0.1, 0.15) is 36.9 Å². The number of fused-ring (bicyclic) bond motifs is 1. The fourth-order valence-electron chi connectivity index (χ4n) is 3.62. The number of aromatic amines is 1.